The highest BCUT2D eigenvalue weighted by Crippen LogP contribution is 2.48. The summed E-state index contributed by atoms with van der Waals surface area (Å²) < 4.78 is 122. The molecule has 55 heavy (non-hydrogen) atoms. The van der Waals surface area contributed by atoms with Crippen LogP contribution in [0.4, 0.5) is 34.1 Å². The lowest BCUT2D eigenvalue weighted by Crippen LogP contribution is -2.35. The number of phenolic OH excluding ortho intramolecular Hbond substituents is 1. The predicted molar refractivity (Wildman–Crippen MR) is 201 cm³/mol. The van der Waals surface area contributed by atoms with Gasteiger partial charge in [0.05, 0.1) is 32.9 Å². The van der Waals surface area contributed by atoms with Gasteiger partial charge in [-0.25, -0.2) is 16.8 Å². The van der Waals surface area contributed by atoms with Gasteiger partial charge in [0, 0.05) is 10.8 Å². The quantitative estimate of drug-likeness (QED) is 0.0595. The largest absolute Gasteiger partial charge is 0.505 e. The van der Waals surface area contributed by atoms with E-state index < -0.39 is 94.3 Å². The molecule has 0 heterocycles. The number of benzene rings is 5. The fourth-order valence-corrected chi connectivity index (χ4v) is 8.12. The summed E-state index contributed by atoms with van der Waals surface area (Å²) in [6.07, 6.45) is 0. The molecule has 0 radical (unpaired) electrons. The van der Waals surface area contributed by atoms with Gasteiger partial charge in [-0.1, -0.05) is 55.6 Å². The van der Waals surface area contributed by atoms with Crippen LogP contribution < -0.4 is 10.0 Å². The first-order valence-corrected chi connectivity index (χ1v) is 20.9. The number of hydrogen-bond donors (Lipinski definition) is 4. The highest BCUT2D eigenvalue weighted by molar-refractivity contribution is 7.96. The predicted octanol–water partition coefficient (Wildman–Crippen LogP) is 6.49. The van der Waals surface area contributed by atoms with Gasteiger partial charge in [-0.2, -0.15) is 21.1 Å². The summed E-state index contributed by atoms with van der Waals surface area (Å²) in [5.41, 5.74) is 2.55. The van der Waals surface area contributed by atoms with E-state index in [1.165, 1.54) is 66.7 Å². The maximum Gasteiger partial charge on any atom is 0.296 e. The first kappa shape index (κ1) is 40.0. The average molecular weight is 827 g/mol. The molecule has 5 rings (SSSR count). The summed E-state index contributed by atoms with van der Waals surface area (Å²) in [5, 5.41) is 26.8. The van der Waals surface area contributed by atoms with Crippen LogP contribution in [0.25, 0.3) is 10.8 Å². The maximum atomic E-state index is 13.8. The van der Waals surface area contributed by atoms with Crippen molar-refractivity contribution < 1.29 is 52.7 Å². The first-order chi connectivity index (χ1) is 25.7. The zero-order valence-corrected chi connectivity index (χ0v) is 31.0. The van der Waals surface area contributed by atoms with Crippen molar-refractivity contribution in [1.29, 1.82) is 0 Å². The lowest BCUT2D eigenvalue weighted by atomic mass is 10.1. The van der Waals surface area contributed by atoms with E-state index in [1.54, 1.807) is 6.07 Å². The van der Waals surface area contributed by atoms with Gasteiger partial charge in [0.25, 0.3) is 36.2 Å². The van der Waals surface area contributed by atoms with E-state index in [0.29, 0.717) is 27.3 Å². The van der Waals surface area contributed by atoms with E-state index in [9.17, 15) is 52.7 Å². The Morgan fingerprint density at radius 2 is 1.16 bits per heavy atom. The third-order valence-corrected chi connectivity index (χ3v) is 12.0. The molecule has 0 fully saturated rings. The number of phenols is 1. The number of nitrogen functional groups attached to an aromatic ring is 1. The molecule has 22 heteroatoms. The fourth-order valence-electron chi connectivity index (χ4n) is 5.05. The van der Waals surface area contributed by atoms with Crippen molar-refractivity contribution in [1.82, 2.24) is 0 Å². The molecule has 0 aliphatic rings. The molecule has 5 aromatic rings. The number of fused-ring (bicyclic) bond motifs is 1. The zero-order valence-electron chi connectivity index (χ0n) is 27.7. The number of sulfone groups is 1. The highest BCUT2D eigenvalue weighted by Gasteiger charge is 2.31. The molecule has 5 aromatic carbocycles. The number of nitrogens with two attached hydrogens (primary N) is 1. The Kier molecular flexibility index (Phi) is 10.9. The Bertz CT molecular complexity index is 2940. The minimum atomic E-state index is -5.33. The van der Waals surface area contributed by atoms with Crippen LogP contribution >= 0.6 is 0 Å². The van der Waals surface area contributed by atoms with Crippen LogP contribution in [0, 0.1) is 0 Å². The van der Waals surface area contributed by atoms with Crippen molar-refractivity contribution in [2.75, 3.05) is 10.0 Å². The summed E-state index contributed by atoms with van der Waals surface area (Å²) in [6.45, 7) is 6.51. The lowest BCUT2D eigenvalue weighted by molar-refractivity contribution is 0.101. The van der Waals surface area contributed by atoms with Gasteiger partial charge in [-0.15, -0.1) is 20.5 Å². The molecule has 0 unspecified atom stereocenters. The summed E-state index contributed by atoms with van der Waals surface area (Å²) in [4.78, 5) is 11.2. The molecule has 18 nitrogen and oxygen atoms in total. The average Bonchev–Trinajstić information content (AvgIpc) is 3.13. The van der Waals surface area contributed by atoms with Crippen molar-refractivity contribution in [3.8, 4) is 5.75 Å². The molecule has 0 aliphatic carbocycles. The van der Waals surface area contributed by atoms with Crippen LogP contribution in [-0.4, -0.2) is 53.8 Å². The smallest absolute Gasteiger partial charge is 0.296 e. The third kappa shape index (κ3) is 8.03. The SMILES string of the molecule is C=CS(=O)(=O)c1ccccc1N=Nc1c(S(=O)(=O)O)cc2cc(S(=O)(=O)O)c(N=Nc3ccccc3C(=O)N(c3ccccc3)S(=O)(=O)C=C)c(O)c2c1N. The van der Waals surface area contributed by atoms with E-state index >= 15 is 0 Å². The van der Waals surface area contributed by atoms with Crippen LogP contribution in [0.1, 0.15) is 10.4 Å². The van der Waals surface area contributed by atoms with Crippen LogP contribution in [0.5, 0.6) is 5.75 Å². The number of aromatic hydroxyl groups is 1. The Balaban J connectivity index is 1.75. The van der Waals surface area contributed by atoms with Gasteiger partial charge < -0.3 is 10.8 Å². The molecule has 284 valence electrons. The second-order valence-electron chi connectivity index (χ2n) is 11.0. The molecule has 0 aromatic heterocycles. The molecule has 0 aliphatic heterocycles. The Morgan fingerprint density at radius 3 is 1.75 bits per heavy atom. The van der Waals surface area contributed by atoms with Crippen LogP contribution in [0.3, 0.4) is 0 Å². The summed E-state index contributed by atoms with van der Waals surface area (Å²) in [6, 6.07) is 18.7. The molecule has 1 amide bonds. The Labute approximate surface area is 313 Å². The molecular weight excluding hydrogens is 801 g/mol. The number of hydrogen-bond acceptors (Lipinski definition) is 15. The topological polar surface area (TPSA) is 293 Å². The molecule has 0 saturated heterocycles. The van der Waals surface area contributed by atoms with Gasteiger partial charge in [0.2, 0.25) is 9.84 Å². The highest BCUT2D eigenvalue weighted by atomic mass is 32.2. The Hall–Kier alpha value is -6.17. The van der Waals surface area contributed by atoms with Gasteiger partial charge in [0.1, 0.15) is 26.9 Å². The van der Waals surface area contributed by atoms with Crippen molar-refractivity contribution in [2.24, 2.45) is 20.5 Å². The number of carbonyl (C=O) groups is 1. The molecule has 0 bridgehead atoms. The van der Waals surface area contributed by atoms with E-state index in [0.717, 1.165) is 6.07 Å². The van der Waals surface area contributed by atoms with Gasteiger partial charge in [0.15, 0.2) is 5.75 Å². The maximum absolute atomic E-state index is 13.8. The minimum Gasteiger partial charge on any atom is -0.505 e. The lowest BCUT2D eigenvalue weighted by Gasteiger charge is -2.21. The Morgan fingerprint density at radius 1 is 0.655 bits per heavy atom. The van der Waals surface area contributed by atoms with E-state index in [-0.39, 0.29) is 22.6 Å². The first-order valence-electron chi connectivity index (χ1n) is 15.0. The number of sulfonamides is 1. The van der Waals surface area contributed by atoms with E-state index in [2.05, 4.69) is 33.6 Å². The number of anilines is 2. The number of nitrogens with zero attached hydrogens (tertiary/aromatic N) is 5. The van der Waals surface area contributed by atoms with Crippen molar-refractivity contribution in [2.45, 2.75) is 14.7 Å². The molecular formula is C33H26N6O12S4. The molecule has 0 atom stereocenters. The minimum absolute atomic E-state index is 0.0708. The summed E-state index contributed by atoms with van der Waals surface area (Å²) in [5.74, 6) is -2.28. The zero-order chi connectivity index (χ0) is 40.5. The van der Waals surface area contributed by atoms with Gasteiger partial charge in [-0.05, 0) is 53.9 Å². The normalized spacial score (nSPS) is 12.6. The summed E-state index contributed by atoms with van der Waals surface area (Å²) >= 11 is 0. The van der Waals surface area contributed by atoms with Crippen LogP contribution in [0.15, 0.2) is 150 Å². The van der Waals surface area contributed by atoms with E-state index in [4.69, 9.17) is 5.73 Å². The van der Waals surface area contributed by atoms with Crippen LogP contribution in [0.2, 0.25) is 0 Å². The number of rotatable bonds is 12. The number of amides is 1. The van der Waals surface area contributed by atoms with Crippen LogP contribution in [-0.2, 0) is 40.1 Å². The van der Waals surface area contributed by atoms with Gasteiger partial charge in [-0.3, -0.25) is 13.9 Å². The number of carbonyl (C=O) groups excluding carboxylic acids is 1. The second kappa shape index (κ2) is 14.9. The fraction of sp³-hybridized carbons (Fsp3) is 0. The standard InChI is InChI=1S/C33H26N6O12S4/c1-3-52(42,43)25-17-11-10-16-24(25)36-37-30-26(54(46,47)48)18-20-19-27(55(49,50)51)31(32(40)28(20)29(30)34)38-35-23-15-9-8-14-22(23)33(41)39(53(44,45)4-2)21-12-6-5-7-13-21/h3-19,40H,1-2,34H2,(H,46,47,48)(H,49,50,51). The monoisotopic (exact) mass is 826 g/mol. The van der Waals surface area contributed by atoms with Crippen molar-refractivity contribution in [3.63, 3.8) is 0 Å². The second-order valence-corrected chi connectivity index (χ2v) is 17.3. The number of para-hydroxylation sites is 1. The van der Waals surface area contributed by atoms with Gasteiger partial charge >= 0.3 is 0 Å². The van der Waals surface area contributed by atoms with Crippen molar-refractivity contribution in [3.05, 3.63) is 121 Å². The van der Waals surface area contributed by atoms with E-state index in [1.807, 2.05) is 0 Å². The molecule has 0 saturated carbocycles. The van der Waals surface area contributed by atoms with Crippen molar-refractivity contribution >= 4 is 90.9 Å². The number of azo groups is 2. The summed E-state index contributed by atoms with van der Waals surface area (Å²) in [7, 11) is -19.1. The molecule has 0 spiro atoms. The molecule has 5 N–H and O–H groups in total. The third-order valence-electron chi connectivity index (χ3n) is 7.55.